The van der Waals surface area contributed by atoms with Gasteiger partial charge in [-0.25, -0.2) is 4.98 Å². The topological polar surface area (TPSA) is 54.9 Å². The van der Waals surface area contributed by atoms with E-state index in [1.54, 1.807) is 24.1 Å². The number of rotatable bonds is 8. The highest BCUT2D eigenvalue weighted by Gasteiger charge is 2.22. The van der Waals surface area contributed by atoms with E-state index >= 15 is 0 Å². The average molecular weight is 434 g/mol. The quantitative estimate of drug-likeness (QED) is 0.531. The number of aryl methyl sites for hydroxylation is 1. The first-order valence-corrected chi connectivity index (χ1v) is 10.4. The zero-order chi connectivity index (χ0) is 21.0. The Hall–Kier alpha value is -2.35. The molecule has 0 aliphatic heterocycles. The third-order valence-corrected chi connectivity index (χ3v) is 5.95. The van der Waals surface area contributed by atoms with Gasteiger partial charge in [0.15, 0.2) is 23.2 Å². The molecule has 0 aliphatic rings. The van der Waals surface area contributed by atoms with Crippen molar-refractivity contribution in [3.63, 3.8) is 0 Å². The molecule has 0 bridgehead atoms. The van der Waals surface area contributed by atoms with Gasteiger partial charge in [-0.1, -0.05) is 41.1 Å². The summed E-state index contributed by atoms with van der Waals surface area (Å²) in [6.07, 6.45) is 0. The van der Waals surface area contributed by atoms with Crippen molar-refractivity contribution < 1.29 is 14.3 Å². The number of anilines is 1. The molecule has 3 rings (SSSR count). The standard InChI is InChI=1S/C21H24ClN3O3S/c1-14-9-10-15(22)20-19(14)23-21(29-20)25(12-11-24(2)3)18(26)13-28-17-8-6-5-7-16(17)27-4/h5-10H,11-13H2,1-4H3. The lowest BCUT2D eigenvalue weighted by Gasteiger charge is -2.22. The highest BCUT2D eigenvalue weighted by molar-refractivity contribution is 7.23. The fraction of sp³-hybridized carbons (Fsp3) is 0.333. The summed E-state index contributed by atoms with van der Waals surface area (Å²) in [5, 5.41) is 1.26. The van der Waals surface area contributed by atoms with Gasteiger partial charge in [0.2, 0.25) is 0 Å². The molecular formula is C21H24ClN3O3S. The van der Waals surface area contributed by atoms with Crippen molar-refractivity contribution in [1.82, 2.24) is 9.88 Å². The number of benzene rings is 2. The van der Waals surface area contributed by atoms with Crippen LogP contribution in [-0.2, 0) is 4.79 Å². The number of aromatic nitrogens is 1. The molecule has 0 aliphatic carbocycles. The molecule has 0 saturated heterocycles. The zero-order valence-electron chi connectivity index (χ0n) is 16.9. The van der Waals surface area contributed by atoms with Gasteiger partial charge in [0.05, 0.1) is 22.3 Å². The largest absolute Gasteiger partial charge is 0.493 e. The lowest BCUT2D eigenvalue weighted by molar-refractivity contribution is -0.120. The fourth-order valence-corrected chi connectivity index (χ4v) is 4.15. The van der Waals surface area contributed by atoms with Crippen molar-refractivity contribution in [2.75, 3.05) is 45.8 Å². The summed E-state index contributed by atoms with van der Waals surface area (Å²) in [7, 11) is 5.50. The number of halogens is 1. The summed E-state index contributed by atoms with van der Waals surface area (Å²) in [5.41, 5.74) is 1.85. The Balaban J connectivity index is 1.85. The maximum atomic E-state index is 13.1. The van der Waals surface area contributed by atoms with E-state index in [4.69, 9.17) is 26.1 Å². The second-order valence-electron chi connectivity index (χ2n) is 6.83. The SMILES string of the molecule is COc1ccccc1OCC(=O)N(CCN(C)C)c1nc2c(C)ccc(Cl)c2s1. The molecule has 154 valence electrons. The monoisotopic (exact) mass is 433 g/mol. The Morgan fingerprint density at radius 1 is 1.14 bits per heavy atom. The minimum atomic E-state index is -0.175. The molecule has 0 fully saturated rings. The number of fused-ring (bicyclic) bond motifs is 1. The summed E-state index contributed by atoms with van der Waals surface area (Å²) in [5.74, 6) is 0.937. The number of methoxy groups -OCH3 is 1. The molecule has 0 unspecified atom stereocenters. The number of carbonyl (C=O) groups is 1. The molecule has 0 spiro atoms. The zero-order valence-corrected chi connectivity index (χ0v) is 18.5. The Morgan fingerprint density at radius 3 is 2.52 bits per heavy atom. The maximum absolute atomic E-state index is 13.1. The van der Waals surface area contributed by atoms with Crippen LogP contribution in [0.3, 0.4) is 0 Å². The van der Waals surface area contributed by atoms with Crippen LogP contribution in [0.25, 0.3) is 10.2 Å². The van der Waals surface area contributed by atoms with Gasteiger partial charge in [-0.3, -0.25) is 9.69 Å². The average Bonchev–Trinajstić information content (AvgIpc) is 3.16. The van der Waals surface area contributed by atoms with Crippen LogP contribution < -0.4 is 14.4 Å². The molecule has 0 atom stereocenters. The number of amides is 1. The van der Waals surface area contributed by atoms with Crippen molar-refractivity contribution in [3.8, 4) is 11.5 Å². The van der Waals surface area contributed by atoms with Crippen LogP contribution in [0.15, 0.2) is 36.4 Å². The minimum Gasteiger partial charge on any atom is -0.493 e. The van der Waals surface area contributed by atoms with E-state index in [-0.39, 0.29) is 12.5 Å². The maximum Gasteiger partial charge on any atom is 0.266 e. The summed E-state index contributed by atoms with van der Waals surface area (Å²) < 4.78 is 11.9. The van der Waals surface area contributed by atoms with Crippen LogP contribution in [0.1, 0.15) is 5.56 Å². The van der Waals surface area contributed by atoms with Crippen molar-refractivity contribution >= 4 is 44.2 Å². The highest BCUT2D eigenvalue weighted by atomic mass is 35.5. The van der Waals surface area contributed by atoms with Gasteiger partial charge in [0.1, 0.15) is 0 Å². The Bertz CT molecular complexity index is 967. The number of carbonyl (C=O) groups excluding carboxylic acids is 1. The van der Waals surface area contributed by atoms with Crippen molar-refractivity contribution in [3.05, 3.63) is 47.0 Å². The summed E-state index contributed by atoms with van der Waals surface area (Å²) >= 11 is 7.77. The first-order chi connectivity index (χ1) is 13.9. The molecule has 8 heteroatoms. The van der Waals surface area contributed by atoms with Crippen LogP contribution in [0.2, 0.25) is 5.02 Å². The van der Waals surface area contributed by atoms with Crippen LogP contribution in [-0.4, -0.2) is 56.7 Å². The molecule has 1 amide bonds. The van der Waals surface area contributed by atoms with Crippen LogP contribution >= 0.6 is 22.9 Å². The first-order valence-electron chi connectivity index (χ1n) is 9.17. The molecule has 3 aromatic rings. The predicted octanol–water partition coefficient (Wildman–Crippen LogP) is 4.24. The van der Waals surface area contributed by atoms with E-state index in [1.165, 1.54) is 11.3 Å². The smallest absolute Gasteiger partial charge is 0.266 e. The number of nitrogens with zero attached hydrogens (tertiary/aromatic N) is 3. The van der Waals surface area contributed by atoms with Crippen LogP contribution in [0, 0.1) is 6.92 Å². The lowest BCUT2D eigenvalue weighted by Crippen LogP contribution is -2.39. The molecule has 1 aromatic heterocycles. The normalized spacial score (nSPS) is 11.1. The number of ether oxygens (including phenoxy) is 2. The molecule has 0 radical (unpaired) electrons. The molecule has 1 heterocycles. The van der Waals surface area contributed by atoms with E-state index in [1.807, 2.05) is 50.2 Å². The Labute approximate surface area is 179 Å². The summed E-state index contributed by atoms with van der Waals surface area (Å²) in [4.78, 5) is 21.4. The van der Waals surface area contributed by atoms with E-state index in [9.17, 15) is 4.79 Å². The number of thiazole rings is 1. The van der Waals surface area contributed by atoms with Crippen LogP contribution in [0.5, 0.6) is 11.5 Å². The Morgan fingerprint density at radius 2 is 1.86 bits per heavy atom. The van der Waals surface area contributed by atoms with Crippen LogP contribution in [0.4, 0.5) is 5.13 Å². The van der Waals surface area contributed by atoms with Crippen molar-refractivity contribution in [1.29, 1.82) is 0 Å². The van der Waals surface area contributed by atoms with E-state index in [2.05, 4.69) is 0 Å². The van der Waals surface area contributed by atoms with Gasteiger partial charge >= 0.3 is 0 Å². The third kappa shape index (κ3) is 4.98. The molecule has 2 aromatic carbocycles. The summed E-state index contributed by atoms with van der Waals surface area (Å²) in [6, 6.07) is 11.1. The number of hydrogen-bond acceptors (Lipinski definition) is 6. The van der Waals surface area contributed by atoms with Crippen molar-refractivity contribution in [2.24, 2.45) is 0 Å². The molecule has 29 heavy (non-hydrogen) atoms. The third-order valence-electron chi connectivity index (χ3n) is 4.41. The van der Waals surface area contributed by atoms with Crippen molar-refractivity contribution in [2.45, 2.75) is 6.92 Å². The van der Waals surface area contributed by atoms with Gasteiger partial charge in [0, 0.05) is 13.1 Å². The number of para-hydroxylation sites is 2. The fourth-order valence-electron chi connectivity index (χ4n) is 2.79. The predicted molar refractivity (Wildman–Crippen MR) is 119 cm³/mol. The Kier molecular flexibility index (Phi) is 6.95. The molecule has 6 nitrogen and oxygen atoms in total. The van der Waals surface area contributed by atoms with Gasteiger partial charge < -0.3 is 14.4 Å². The highest BCUT2D eigenvalue weighted by Crippen LogP contribution is 2.35. The van der Waals surface area contributed by atoms with E-state index in [0.29, 0.717) is 34.7 Å². The van der Waals surface area contributed by atoms with Gasteiger partial charge in [-0.2, -0.15) is 0 Å². The lowest BCUT2D eigenvalue weighted by atomic mass is 10.2. The first kappa shape index (κ1) is 21.4. The van der Waals surface area contributed by atoms with Gasteiger partial charge in [0.25, 0.3) is 5.91 Å². The molecule has 0 N–H and O–H groups in total. The van der Waals surface area contributed by atoms with E-state index < -0.39 is 0 Å². The van der Waals surface area contributed by atoms with Gasteiger partial charge in [-0.05, 0) is 44.8 Å². The van der Waals surface area contributed by atoms with Gasteiger partial charge in [-0.15, -0.1) is 0 Å². The molecular weight excluding hydrogens is 410 g/mol. The second kappa shape index (κ2) is 9.43. The number of likely N-dealkylation sites (N-methyl/N-ethyl adjacent to an activating group) is 1. The summed E-state index contributed by atoms with van der Waals surface area (Å²) in [6.45, 7) is 3.07. The second-order valence-corrected chi connectivity index (χ2v) is 8.21. The minimum absolute atomic E-state index is 0.115. The van der Waals surface area contributed by atoms with E-state index in [0.717, 1.165) is 15.8 Å². The number of hydrogen-bond donors (Lipinski definition) is 0. The molecule has 0 saturated carbocycles.